The molecule has 6 rings (SSSR count). The zero-order valence-electron chi connectivity index (χ0n) is 19.3. The fourth-order valence-corrected chi connectivity index (χ4v) is 5.52. The molecule has 1 aliphatic heterocycles. The number of para-hydroxylation sites is 2. The predicted octanol–water partition coefficient (Wildman–Crippen LogP) is 4.80. The molecule has 0 aliphatic carbocycles. The number of fused-ring (bicyclic) bond motifs is 3. The maximum Gasteiger partial charge on any atom is 0.233 e. The van der Waals surface area contributed by atoms with Gasteiger partial charge < -0.3 is 9.88 Å². The number of amides is 1. The largest absolute Gasteiger partial charge is 0.358 e. The zero-order chi connectivity index (χ0) is 23.8. The fraction of sp³-hybridized carbons (Fsp3) is 0.185. The Hall–Kier alpha value is -3.91. The van der Waals surface area contributed by atoms with Crippen molar-refractivity contribution in [3.8, 4) is 17.1 Å². The Labute approximate surface area is 207 Å². The average molecular weight is 481 g/mol. The van der Waals surface area contributed by atoms with Crippen molar-refractivity contribution >= 4 is 28.6 Å². The first-order valence-electron chi connectivity index (χ1n) is 11.6. The molecule has 5 aromatic rings. The zero-order valence-corrected chi connectivity index (χ0v) is 20.1. The fourth-order valence-electron chi connectivity index (χ4n) is 4.67. The molecule has 1 N–H and O–H groups in total. The third-order valence-corrected chi connectivity index (χ3v) is 7.38. The standard InChI is InChI=1S/C27H24N6OS/c1-18-7-2-5-11-24(18)33-26(19-8-6-13-28-15-19)30-31-27(33)35-17-25(34)32-14-12-23-21(16-32)20-9-3-4-10-22(20)29-23/h2-11,13,15,29H,12,14,16-17H2,1H3. The summed E-state index contributed by atoms with van der Waals surface area (Å²) < 4.78 is 2.03. The second-order valence-corrected chi connectivity index (χ2v) is 9.59. The molecule has 0 fully saturated rings. The Morgan fingerprint density at radius 2 is 1.91 bits per heavy atom. The first-order chi connectivity index (χ1) is 17.2. The van der Waals surface area contributed by atoms with Crippen LogP contribution in [-0.4, -0.2) is 47.8 Å². The average Bonchev–Trinajstić information content (AvgIpc) is 3.49. The Morgan fingerprint density at radius 1 is 1.06 bits per heavy atom. The lowest BCUT2D eigenvalue weighted by atomic mass is 10.0. The summed E-state index contributed by atoms with van der Waals surface area (Å²) in [5, 5.41) is 10.8. The van der Waals surface area contributed by atoms with Crippen molar-refractivity contribution < 1.29 is 4.79 Å². The molecule has 0 bridgehead atoms. The molecule has 0 spiro atoms. The molecule has 174 valence electrons. The number of benzene rings is 2. The summed E-state index contributed by atoms with van der Waals surface area (Å²) in [4.78, 5) is 23.0. The number of nitrogens with zero attached hydrogens (tertiary/aromatic N) is 5. The highest BCUT2D eigenvalue weighted by molar-refractivity contribution is 7.99. The number of hydrogen-bond acceptors (Lipinski definition) is 5. The maximum atomic E-state index is 13.3. The molecule has 35 heavy (non-hydrogen) atoms. The van der Waals surface area contributed by atoms with E-state index in [0.29, 0.717) is 29.8 Å². The molecule has 0 saturated heterocycles. The second kappa shape index (κ2) is 9.03. The summed E-state index contributed by atoms with van der Waals surface area (Å²) in [7, 11) is 0. The molecule has 7 nitrogen and oxygen atoms in total. The summed E-state index contributed by atoms with van der Waals surface area (Å²) in [6.07, 6.45) is 4.36. The van der Waals surface area contributed by atoms with Gasteiger partial charge in [-0.3, -0.25) is 14.3 Å². The molecule has 4 heterocycles. The van der Waals surface area contributed by atoms with Crippen molar-refractivity contribution in [1.29, 1.82) is 0 Å². The number of aromatic nitrogens is 5. The van der Waals surface area contributed by atoms with Gasteiger partial charge >= 0.3 is 0 Å². The lowest BCUT2D eigenvalue weighted by Crippen LogP contribution is -2.36. The third kappa shape index (κ3) is 4.00. The Bertz CT molecular complexity index is 1520. The van der Waals surface area contributed by atoms with Crippen LogP contribution in [0.3, 0.4) is 0 Å². The predicted molar refractivity (Wildman–Crippen MR) is 137 cm³/mol. The Kier molecular flexibility index (Phi) is 5.58. The van der Waals surface area contributed by atoms with Crippen LogP contribution in [-0.2, 0) is 17.8 Å². The van der Waals surface area contributed by atoms with Crippen molar-refractivity contribution in [2.75, 3.05) is 12.3 Å². The topological polar surface area (TPSA) is 79.7 Å². The summed E-state index contributed by atoms with van der Waals surface area (Å²) in [6.45, 7) is 3.41. The van der Waals surface area contributed by atoms with Crippen LogP contribution in [0.1, 0.15) is 16.8 Å². The van der Waals surface area contributed by atoms with E-state index in [4.69, 9.17) is 0 Å². The highest BCUT2D eigenvalue weighted by Gasteiger charge is 2.25. The van der Waals surface area contributed by atoms with Crippen molar-refractivity contribution in [3.05, 3.63) is 89.9 Å². The van der Waals surface area contributed by atoms with Crippen LogP contribution in [0.15, 0.2) is 78.2 Å². The highest BCUT2D eigenvalue weighted by atomic mass is 32.2. The van der Waals surface area contributed by atoms with E-state index in [1.807, 2.05) is 51.9 Å². The van der Waals surface area contributed by atoms with Gasteiger partial charge in [-0.25, -0.2) is 0 Å². The number of pyridine rings is 1. The number of hydrogen-bond donors (Lipinski definition) is 1. The minimum absolute atomic E-state index is 0.105. The van der Waals surface area contributed by atoms with Gasteiger partial charge in [0.05, 0.1) is 11.4 Å². The second-order valence-electron chi connectivity index (χ2n) is 8.65. The van der Waals surface area contributed by atoms with E-state index >= 15 is 0 Å². The van der Waals surface area contributed by atoms with Crippen LogP contribution >= 0.6 is 11.8 Å². The number of nitrogens with one attached hydrogen (secondary N) is 1. The molecule has 1 aliphatic rings. The van der Waals surface area contributed by atoms with Gasteiger partial charge in [-0.1, -0.05) is 48.2 Å². The van der Waals surface area contributed by atoms with E-state index in [0.717, 1.165) is 28.8 Å². The molecule has 2 aromatic carbocycles. The van der Waals surface area contributed by atoms with Crippen LogP contribution in [0.5, 0.6) is 0 Å². The molecule has 3 aromatic heterocycles. The lowest BCUT2D eigenvalue weighted by molar-refractivity contribution is -0.129. The quantitative estimate of drug-likeness (QED) is 0.366. The number of rotatable bonds is 5. The van der Waals surface area contributed by atoms with E-state index in [1.54, 1.807) is 12.4 Å². The van der Waals surface area contributed by atoms with Crippen molar-refractivity contribution in [2.24, 2.45) is 0 Å². The van der Waals surface area contributed by atoms with Gasteiger partial charge in [-0.05, 0) is 36.8 Å². The van der Waals surface area contributed by atoms with Crippen LogP contribution in [0.4, 0.5) is 0 Å². The summed E-state index contributed by atoms with van der Waals surface area (Å²) in [6, 6.07) is 20.3. The van der Waals surface area contributed by atoms with Crippen molar-refractivity contribution in [3.63, 3.8) is 0 Å². The minimum atomic E-state index is 0.105. The molecule has 0 saturated carbocycles. The van der Waals surface area contributed by atoms with Gasteiger partial charge in [0.25, 0.3) is 0 Å². The summed E-state index contributed by atoms with van der Waals surface area (Å²) >= 11 is 1.42. The SMILES string of the molecule is Cc1ccccc1-n1c(SCC(=O)N2CCc3[nH]c4ccccc4c3C2)nnc1-c1cccnc1. The van der Waals surface area contributed by atoms with E-state index in [9.17, 15) is 4.79 Å². The molecule has 0 unspecified atom stereocenters. The number of carbonyl (C=O) groups excluding carboxylic acids is 1. The smallest absolute Gasteiger partial charge is 0.233 e. The van der Waals surface area contributed by atoms with E-state index in [2.05, 4.69) is 45.3 Å². The first kappa shape index (κ1) is 21.6. The Balaban J connectivity index is 1.26. The van der Waals surface area contributed by atoms with E-state index < -0.39 is 0 Å². The summed E-state index contributed by atoms with van der Waals surface area (Å²) in [5.41, 5.74) is 6.58. The number of carbonyl (C=O) groups is 1. The number of aromatic amines is 1. The van der Waals surface area contributed by atoms with Gasteiger partial charge in [0.1, 0.15) is 0 Å². The molecule has 0 atom stereocenters. The number of thioether (sulfide) groups is 1. The van der Waals surface area contributed by atoms with E-state index in [1.165, 1.54) is 28.4 Å². The van der Waals surface area contributed by atoms with Crippen LogP contribution < -0.4 is 0 Å². The number of aryl methyl sites for hydroxylation is 1. The minimum Gasteiger partial charge on any atom is -0.358 e. The monoisotopic (exact) mass is 480 g/mol. The summed E-state index contributed by atoms with van der Waals surface area (Å²) in [5.74, 6) is 1.12. The van der Waals surface area contributed by atoms with E-state index in [-0.39, 0.29) is 5.91 Å². The van der Waals surface area contributed by atoms with Crippen molar-refractivity contribution in [2.45, 2.75) is 25.0 Å². The molecule has 1 amide bonds. The van der Waals surface area contributed by atoms with Crippen LogP contribution in [0.2, 0.25) is 0 Å². The van der Waals surface area contributed by atoms with Gasteiger partial charge in [0.2, 0.25) is 5.91 Å². The van der Waals surface area contributed by atoms with Gasteiger partial charge in [0.15, 0.2) is 11.0 Å². The van der Waals surface area contributed by atoms with Gasteiger partial charge in [-0.15, -0.1) is 10.2 Å². The first-order valence-corrected chi connectivity index (χ1v) is 12.6. The molecule has 8 heteroatoms. The van der Waals surface area contributed by atoms with Crippen LogP contribution in [0.25, 0.3) is 28.0 Å². The normalized spacial score (nSPS) is 13.2. The molecular formula is C27H24N6OS. The molecule has 0 radical (unpaired) electrons. The molecular weight excluding hydrogens is 456 g/mol. The highest BCUT2D eigenvalue weighted by Crippen LogP contribution is 2.31. The number of H-pyrrole nitrogens is 1. The van der Waals surface area contributed by atoms with Gasteiger partial charge in [0, 0.05) is 59.6 Å². The Morgan fingerprint density at radius 3 is 2.77 bits per heavy atom. The van der Waals surface area contributed by atoms with Crippen LogP contribution in [0, 0.1) is 6.92 Å². The van der Waals surface area contributed by atoms with Crippen molar-refractivity contribution in [1.82, 2.24) is 29.6 Å². The maximum absolute atomic E-state index is 13.3. The van der Waals surface area contributed by atoms with Gasteiger partial charge in [-0.2, -0.15) is 0 Å². The lowest BCUT2D eigenvalue weighted by Gasteiger charge is -2.27. The third-order valence-electron chi connectivity index (χ3n) is 6.47.